The van der Waals surface area contributed by atoms with Gasteiger partial charge in [0.1, 0.15) is 0 Å². The van der Waals surface area contributed by atoms with E-state index in [2.05, 4.69) is 19.7 Å². The molecule has 1 aliphatic heterocycles. The topological polar surface area (TPSA) is 35.5 Å². The summed E-state index contributed by atoms with van der Waals surface area (Å²) in [4.78, 5) is 11.3. The van der Waals surface area contributed by atoms with Crippen LogP contribution in [0.5, 0.6) is 0 Å². The normalized spacial score (nSPS) is 24.0. The Morgan fingerprint density at radius 3 is 2.67 bits per heavy atom. The van der Waals surface area contributed by atoms with Crippen molar-refractivity contribution in [2.75, 3.05) is 13.2 Å². The molecule has 1 rings (SSSR count). The standard InChI is InChI=1S/C14H26O3Si/c1-12(2)13(15)16-10-7-9-14(18(3)4)8-5-6-11-17-14/h18H,1,5-11H2,2-4H3. The SMILES string of the molecule is C=C(C)C(=O)OCCCC1([SiH](C)C)CCCCO1. The Labute approximate surface area is 112 Å². The van der Waals surface area contributed by atoms with Gasteiger partial charge in [0.25, 0.3) is 0 Å². The largest absolute Gasteiger partial charge is 0.462 e. The molecule has 0 radical (unpaired) electrons. The molecule has 1 saturated heterocycles. The molecule has 0 amide bonds. The van der Waals surface area contributed by atoms with Gasteiger partial charge < -0.3 is 9.47 Å². The van der Waals surface area contributed by atoms with E-state index in [-0.39, 0.29) is 11.2 Å². The van der Waals surface area contributed by atoms with Crippen LogP contribution >= 0.6 is 0 Å². The van der Waals surface area contributed by atoms with Crippen LogP contribution in [0.3, 0.4) is 0 Å². The molecule has 0 aliphatic carbocycles. The molecule has 1 fully saturated rings. The van der Waals surface area contributed by atoms with Gasteiger partial charge in [0.15, 0.2) is 0 Å². The van der Waals surface area contributed by atoms with Crippen molar-refractivity contribution in [3.63, 3.8) is 0 Å². The summed E-state index contributed by atoms with van der Waals surface area (Å²) in [6.07, 6.45) is 5.57. The Hall–Kier alpha value is -0.613. The summed E-state index contributed by atoms with van der Waals surface area (Å²) in [5.74, 6) is -0.282. The summed E-state index contributed by atoms with van der Waals surface area (Å²) >= 11 is 0. The van der Waals surface area contributed by atoms with E-state index in [4.69, 9.17) is 9.47 Å². The molecule has 0 aromatic rings. The summed E-state index contributed by atoms with van der Waals surface area (Å²) < 4.78 is 11.2. The Morgan fingerprint density at radius 2 is 2.17 bits per heavy atom. The van der Waals surface area contributed by atoms with Gasteiger partial charge >= 0.3 is 5.97 Å². The van der Waals surface area contributed by atoms with Gasteiger partial charge in [-0.3, -0.25) is 0 Å². The van der Waals surface area contributed by atoms with Crippen molar-refractivity contribution in [3.05, 3.63) is 12.2 Å². The summed E-state index contributed by atoms with van der Waals surface area (Å²) in [5, 5.41) is 0.133. The highest BCUT2D eigenvalue weighted by molar-refractivity contribution is 6.59. The fourth-order valence-electron chi connectivity index (χ4n) is 2.47. The van der Waals surface area contributed by atoms with Crippen LogP contribution < -0.4 is 0 Å². The van der Waals surface area contributed by atoms with Crippen molar-refractivity contribution in [3.8, 4) is 0 Å². The van der Waals surface area contributed by atoms with Gasteiger partial charge in [0.2, 0.25) is 0 Å². The third-order valence-corrected chi connectivity index (χ3v) is 6.61. The third-order valence-electron chi connectivity index (χ3n) is 3.76. The maximum atomic E-state index is 11.3. The molecular weight excluding hydrogens is 244 g/mol. The van der Waals surface area contributed by atoms with Crippen LogP contribution in [0.1, 0.15) is 39.0 Å². The van der Waals surface area contributed by atoms with E-state index < -0.39 is 8.80 Å². The molecule has 1 atom stereocenters. The highest BCUT2D eigenvalue weighted by atomic mass is 28.3. The van der Waals surface area contributed by atoms with E-state index in [1.165, 1.54) is 19.3 Å². The van der Waals surface area contributed by atoms with Crippen LogP contribution in [0.15, 0.2) is 12.2 Å². The highest BCUT2D eigenvalue weighted by Crippen LogP contribution is 2.32. The van der Waals surface area contributed by atoms with E-state index in [0.29, 0.717) is 12.2 Å². The predicted octanol–water partition coefficient (Wildman–Crippen LogP) is 2.85. The van der Waals surface area contributed by atoms with E-state index in [0.717, 1.165) is 19.4 Å². The second kappa shape index (κ2) is 7.09. The quantitative estimate of drug-likeness (QED) is 0.322. The lowest BCUT2D eigenvalue weighted by atomic mass is 10.0. The minimum atomic E-state index is -0.855. The predicted molar refractivity (Wildman–Crippen MR) is 76.4 cm³/mol. The van der Waals surface area contributed by atoms with Crippen LogP contribution in [0.4, 0.5) is 0 Å². The smallest absolute Gasteiger partial charge is 0.333 e. The summed E-state index contributed by atoms with van der Waals surface area (Å²) in [6, 6.07) is 0. The van der Waals surface area contributed by atoms with Crippen molar-refractivity contribution in [2.45, 2.75) is 57.3 Å². The molecule has 1 unspecified atom stereocenters. The average molecular weight is 270 g/mol. The maximum absolute atomic E-state index is 11.3. The Balaban J connectivity index is 2.34. The van der Waals surface area contributed by atoms with Gasteiger partial charge in [-0.1, -0.05) is 19.7 Å². The number of hydrogen-bond donors (Lipinski definition) is 0. The first-order valence-electron chi connectivity index (χ1n) is 6.94. The minimum Gasteiger partial charge on any atom is -0.462 e. The molecule has 3 nitrogen and oxygen atoms in total. The zero-order valence-corrected chi connectivity index (χ0v) is 13.1. The Kier molecular flexibility index (Phi) is 6.09. The molecule has 0 aromatic heterocycles. The average Bonchev–Trinajstić information content (AvgIpc) is 2.35. The van der Waals surface area contributed by atoms with Gasteiger partial charge in [0.05, 0.1) is 20.6 Å². The molecule has 18 heavy (non-hydrogen) atoms. The molecule has 0 aromatic carbocycles. The zero-order chi connectivity index (χ0) is 13.6. The Morgan fingerprint density at radius 1 is 1.44 bits per heavy atom. The van der Waals surface area contributed by atoms with Crippen LogP contribution in [-0.4, -0.2) is 33.2 Å². The summed E-state index contributed by atoms with van der Waals surface area (Å²) in [6.45, 7) is 11.3. The van der Waals surface area contributed by atoms with Crippen LogP contribution in [0.2, 0.25) is 13.1 Å². The number of ether oxygens (including phenoxy) is 2. The molecule has 0 saturated carbocycles. The molecule has 0 N–H and O–H groups in total. The lowest BCUT2D eigenvalue weighted by molar-refractivity contribution is -0.139. The van der Waals surface area contributed by atoms with Crippen molar-refractivity contribution in [1.29, 1.82) is 0 Å². The summed E-state index contributed by atoms with van der Waals surface area (Å²) in [5.41, 5.74) is 0.469. The Bertz CT molecular complexity index is 293. The molecule has 0 spiro atoms. The van der Waals surface area contributed by atoms with Gasteiger partial charge in [-0.25, -0.2) is 4.79 Å². The lowest BCUT2D eigenvalue weighted by Crippen LogP contribution is -2.47. The van der Waals surface area contributed by atoms with E-state index >= 15 is 0 Å². The van der Waals surface area contributed by atoms with Gasteiger partial charge in [-0.05, 0) is 39.0 Å². The minimum absolute atomic E-state index is 0.133. The molecule has 104 valence electrons. The van der Waals surface area contributed by atoms with E-state index in [9.17, 15) is 4.79 Å². The number of esters is 1. The lowest BCUT2D eigenvalue weighted by Gasteiger charge is -2.40. The molecular formula is C14H26O3Si. The second-order valence-electron chi connectivity index (χ2n) is 5.54. The van der Waals surface area contributed by atoms with Crippen LogP contribution in [0.25, 0.3) is 0 Å². The monoisotopic (exact) mass is 270 g/mol. The summed E-state index contributed by atoms with van der Waals surface area (Å²) in [7, 11) is -0.855. The highest BCUT2D eigenvalue weighted by Gasteiger charge is 2.36. The van der Waals surface area contributed by atoms with Crippen molar-refractivity contribution in [1.82, 2.24) is 0 Å². The molecule has 1 aliphatic rings. The first kappa shape index (κ1) is 15.4. The fraction of sp³-hybridized carbons (Fsp3) is 0.786. The molecule has 0 bridgehead atoms. The first-order valence-corrected chi connectivity index (χ1v) is 9.83. The van der Waals surface area contributed by atoms with Gasteiger partial charge in [0, 0.05) is 12.2 Å². The maximum Gasteiger partial charge on any atom is 0.333 e. The fourth-order valence-corrected chi connectivity index (χ4v) is 4.49. The molecule has 1 heterocycles. The van der Waals surface area contributed by atoms with Gasteiger partial charge in [-0.15, -0.1) is 0 Å². The second-order valence-corrected chi connectivity index (χ2v) is 8.91. The molecule has 4 heteroatoms. The van der Waals surface area contributed by atoms with Crippen molar-refractivity contribution in [2.24, 2.45) is 0 Å². The number of carbonyl (C=O) groups is 1. The van der Waals surface area contributed by atoms with Crippen LogP contribution in [-0.2, 0) is 14.3 Å². The zero-order valence-electron chi connectivity index (χ0n) is 12.0. The van der Waals surface area contributed by atoms with E-state index in [1.54, 1.807) is 6.92 Å². The first-order chi connectivity index (χ1) is 8.48. The van der Waals surface area contributed by atoms with Gasteiger partial charge in [-0.2, -0.15) is 0 Å². The number of rotatable bonds is 6. The van der Waals surface area contributed by atoms with Crippen molar-refractivity contribution >= 4 is 14.8 Å². The van der Waals surface area contributed by atoms with Crippen LogP contribution in [0, 0.1) is 0 Å². The number of hydrogen-bond acceptors (Lipinski definition) is 3. The van der Waals surface area contributed by atoms with Crippen molar-refractivity contribution < 1.29 is 14.3 Å². The van der Waals surface area contributed by atoms with E-state index in [1.807, 2.05) is 0 Å². The number of carbonyl (C=O) groups excluding carboxylic acids is 1. The third kappa shape index (κ3) is 4.25.